The van der Waals surface area contributed by atoms with Gasteiger partial charge < -0.3 is 5.32 Å². The molecule has 1 aromatic rings. The normalized spacial score (nSPS) is 17.6. The van der Waals surface area contributed by atoms with E-state index in [-0.39, 0.29) is 0 Å². The SMILES string of the molecule is CSc1ccc(C)c(CN2CCNCC2)c1. The Morgan fingerprint density at radius 3 is 2.75 bits per heavy atom. The minimum Gasteiger partial charge on any atom is -0.314 e. The Morgan fingerprint density at radius 1 is 1.31 bits per heavy atom. The van der Waals surface area contributed by atoms with Crippen LogP contribution in [-0.4, -0.2) is 37.3 Å². The van der Waals surface area contributed by atoms with E-state index in [1.54, 1.807) is 0 Å². The Kier molecular flexibility index (Phi) is 4.27. The lowest BCUT2D eigenvalue weighted by molar-refractivity contribution is 0.232. The van der Waals surface area contributed by atoms with E-state index in [2.05, 4.69) is 41.6 Å². The Morgan fingerprint density at radius 2 is 2.06 bits per heavy atom. The molecular weight excluding hydrogens is 216 g/mol. The number of nitrogens with one attached hydrogen (secondary N) is 1. The van der Waals surface area contributed by atoms with Crippen molar-refractivity contribution in [2.24, 2.45) is 0 Å². The molecule has 0 saturated carbocycles. The standard InChI is InChI=1S/C13H20N2S/c1-11-3-4-13(16-2)9-12(11)10-15-7-5-14-6-8-15/h3-4,9,14H,5-8,10H2,1-2H3. The third-order valence-corrected chi connectivity index (χ3v) is 3.89. The van der Waals surface area contributed by atoms with Crippen molar-refractivity contribution < 1.29 is 0 Å². The largest absolute Gasteiger partial charge is 0.314 e. The smallest absolute Gasteiger partial charge is 0.0237 e. The van der Waals surface area contributed by atoms with E-state index in [9.17, 15) is 0 Å². The number of aryl methyl sites for hydroxylation is 1. The first-order valence-electron chi connectivity index (χ1n) is 5.86. The molecular formula is C13H20N2S. The Hall–Kier alpha value is -0.510. The van der Waals surface area contributed by atoms with Crippen molar-refractivity contribution in [3.63, 3.8) is 0 Å². The molecule has 88 valence electrons. The predicted octanol–water partition coefficient (Wildman–Crippen LogP) is 2.12. The van der Waals surface area contributed by atoms with Crippen LogP contribution in [0.4, 0.5) is 0 Å². The maximum absolute atomic E-state index is 3.39. The summed E-state index contributed by atoms with van der Waals surface area (Å²) in [6.45, 7) is 7.90. The highest BCUT2D eigenvalue weighted by atomic mass is 32.2. The molecule has 1 N–H and O–H groups in total. The Balaban J connectivity index is 2.06. The highest BCUT2D eigenvalue weighted by Gasteiger charge is 2.11. The summed E-state index contributed by atoms with van der Waals surface area (Å²) in [6.07, 6.45) is 2.14. The van der Waals surface area contributed by atoms with Gasteiger partial charge in [0.25, 0.3) is 0 Å². The molecule has 0 radical (unpaired) electrons. The topological polar surface area (TPSA) is 15.3 Å². The van der Waals surface area contributed by atoms with Crippen LogP contribution in [0.5, 0.6) is 0 Å². The molecule has 0 aromatic heterocycles. The molecule has 0 amide bonds. The van der Waals surface area contributed by atoms with Gasteiger partial charge in [0.2, 0.25) is 0 Å². The molecule has 0 aliphatic carbocycles. The summed E-state index contributed by atoms with van der Waals surface area (Å²) in [6, 6.07) is 6.78. The van der Waals surface area contributed by atoms with Crippen LogP contribution in [-0.2, 0) is 6.54 Å². The number of hydrogen-bond donors (Lipinski definition) is 1. The monoisotopic (exact) mass is 236 g/mol. The van der Waals surface area contributed by atoms with Gasteiger partial charge >= 0.3 is 0 Å². The summed E-state index contributed by atoms with van der Waals surface area (Å²) in [4.78, 5) is 3.90. The molecule has 0 spiro atoms. The van der Waals surface area contributed by atoms with Crippen LogP contribution >= 0.6 is 11.8 Å². The van der Waals surface area contributed by atoms with Gasteiger partial charge in [-0.2, -0.15) is 0 Å². The summed E-state index contributed by atoms with van der Waals surface area (Å²) in [7, 11) is 0. The van der Waals surface area contributed by atoms with E-state index in [4.69, 9.17) is 0 Å². The van der Waals surface area contributed by atoms with Gasteiger partial charge in [-0.05, 0) is 36.4 Å². The van der Waals surface area contributed by atoms with Crippen molar-refractivity contribution in [1.82, 2.24) is 10.2 Å². The lowest BCUT2D eigenvalue weighted by atomic mass is 10.1. The minimum absolute atomic E-state index is 1.10. The van der Waals surface area contributed by atoms with Gasteiger partial charge in [0.05, 0.1) is 0 Å². The molecule has 0 bridgehead atoms. The molecule has 1 aliphatic rings. The summed E-state index contributed by atoms with van der Waals surface area (Å²) >= 11 is 1.82. The van der Waals surface area contributed by atoms with E-state index < -0.39 is 0 Å². The average molecular weight is 236 g/mol. The first-order chi connectivity index (χ1) is 7.79. The molecule has 1 fully saturated rings. The zero-order valence-electron chi connectivity index (χ0n) is 10.1. The molecule has 1 aromatic carbocycles. The number of piperazine rings is 1. The van der Waals surface area contributed by atoms with Gasteiger partial charge in [0, 0.05) is 37.6 Å². The van der Waals surface area contributed by atoms with Gasteiger partial charge in [-0.25, -0.2) is 0 Å². The second-order valence-corrected chi connectivity index (χ2v) is 5.20. The molecule has 0 atom stereocenters. The van der Waals surface area contributed by atoms with Gasteiger partial charge in [-0.15, -0.1) is 11.8 Å². The third-order valence-electron chi connectivity index (χ3n) is 3.16. The van der Waals surface area contributed by atoms with E-state index >= 15 is 0 Å². The van der Waals surface area contributed by atoms with Crippen LogP contribution in [0.1, 0.15) is 11.1 Å². The van der Waals surface area contributed by atoms with Gasteiger partial charge in [0.15, 0.2) is 0 Å². The quantitative estimate of drug-likeness (QED) is 0.809. The fourth-order valence-electron chi connectivity index (χ4n) is 2.06. The number of hydrogen-bond acceptors (Lipinski definition) is 3. The summed E-state index contributed by atoms with van der Waals surface area (Å²) in [5.74, 6) is 0. The first-order valence-corrected chi connectivity index (χ1v) is 7.08. The third kappa shape index (κ3) is 3.00. The fraction of sp³-hybridized carbons (Fsp3) is 0.538. The molecule has 1 aliphatic heterocycles. The molecule has 2 rings (SSSR count). The summed E-state index contributed by atoms with van der Waals surface area (Å²) in [5.41, 5.74) is 2.89. The van der Waals surface area contributed by atoms with Crippen LogP contribution in [0.3, 0.4) is 0 Å². The van der Waals surface area contributed by atoms with E-state index in [1.807, 2.05) is 11.8 Å². The van der Waals surface area contributed by atoms with Gasteiger partial charge in [-0.3, -0.25) is 4.90 Å². The molecule has 2 nitrogen and oxygen atoms in total. The summed E-state index contributed by atoms with van der Waals surface area (Å²) in [5, 5.41) is 3.39. The summed E-state index contributed by atoms with van der Waals surface area (Å²) < 4.78 is 0. The Bertz CT molecular complexity index is 346. The highest BCUT2D eigenvalue weighted by molar-refractivity contribution is 7.98. The maximum Gasteiger partial charge on any atom is 0.0237 e. The number of thioether (sulfide) groups is 1. The van der Waals surface area contributed by atoms with Gasteiger partial charge in [0.1, 0.15) is 0 Å². The number of benzene rings is 1. The van der Waals surface area contributed by atoms with E-state index in [0.29, 0.717) is 0 Å². The fourth-order valence-corrected chi connectivity index (χ4v) is 2.52. The van der Waals surface area contributed by atoms with Crippen molar-refractivity contribution in [1.29, 1.82) is 0 Å². The van der Waals surface area contributed by atoms with E-state index in [1.165, 1.54) is 29.1 Å². The minimum atomic E-state index is 1.10. The van der Waals surface area contributed by atoms with Crippen molar-refractivity contribution in [3.05, 3.63) is 29.3 Å². The highest BCUT2D eigenvalue weighted by Crippen LogP contribution is 2.20. The van der Waals surface area contributed by atoms with Crippen LogP contribution in [0, 0.1) is 6.92 Å². The second-order valence-electron chi connectivity index (χ2n) is 4.32. The van der Waals surface area contributed by atoms with Crippen LogP contribution < -0.4 is 5.32 Å². The first kappa shape index (κ1) is 12.0. The molecule has 3 heteroatoms. The lowest BCUT2D eigenvalue weighted by Crippen LogP contribution is -2.42. The molecule has 1 saturated heterocycles. The molecule has 0 unspecified atom stereocenters. The second kappa shape index (κ2) is 5.71. The van der Waals surface area contributed by atoms with Crippen LogP contribution in [0.25, 0.3) is 0 Å². The van der Waals surface area contributed by atoms with Crippen LogP contribution in [0.2, 0.25) is 0 Å². The van der Waals surface area contributed by atoms with Gasteiger partial charge in [-0.1, -0.05) is 6.07 Å². The number of rotatable bonds is 3. The molecule has 1 heterocycles. The van der Waals surface area contributed by atoms with Crippen molar-refractivity contribution in [2.75, 3.05) is 32.4 Å². The van der Waals surface area contributed by atoms with Crippen molar-refractivity contribution in [2.45, 2.75) is 18.4 Å². The van der Waals surface area contributed by atoms with Crippen molar-refractivity contribution >= 4 is 11.8 Å². The Labute approximate surface area is 102 Å². The maximum atomic E-state index is 3.39. The van der Waals surface area contributed by atoms with Crippen LogP contribution in [0.15, 0.2) is 23.1 Å². The average Bonchev–Trinajstić information content (AvgIpc) is 2.33. The lowest BCUT2D eigenvalue weighted by Gasteiger charge is -2.27. The van der Waals surface area contributed by atoms with Crippen molar-refractivity contribution in [3.8, 4) is 0 Å². The van der Waals surface area contributed by atoms with E-state index in [0.717, 1.165) is 19.6 Å². The zero-order chi connectivity index (χ0) is 11.4. The number of nitrogens with zero attached hydrogens (tertiary/aromatic N) is 1. The predicted molar refractivity (Wildman–Crippen MR) is 71.1 cm³/mol. The zero-order valence-corrected chi connectivity index (χ0v) is 10.9. The molecule has 16 heavy (non-hydrogen) atoms.